The van der Waals surface area contributed by atoms with Gasteiger partial charge >= 0.3 is 5.97 Å². The van der Waals surface area contributed by atoms with Gasteiger partial charge in [-0.2, -0.15) is 0 Å². The summed E-state index contributed by atoms with van der Waals surface area (Å²) in [4.78, 5) is 25.7. The van der Waals surface area contributed by atoms with Gasteiger partial charge in [0.2, 0.25) is 5.43 Å². The number of fused-ring (bicyclic) bond motifs is 1. The molecule has 1 saturated heterocycles. The smallest absolute Gasteiger partial charge is 0.341 e. The molecule has 4 N–H and O–H groups in total. The summed E-state index contributed by atoms with van der Waals surface area (Å²) >= 11 is 0. The highest BCUT2D eigenvalue weighted by Crippen LogP contribution is 2.42. The molecule has 4 rings (SSSR count). The van der Waals surface area contributed by atoms with Gasteiger partial charge < -0.3 is 30.4 Å². The molecule has 0 bridgehead atoms. The van der Waals surface area contributed by atoms with E-state index in [1.807, 2.05) is 6.92 Å². The number of hydrogen-bond donors (Lipinski definition) is 3. The quantitative estimate of drug-likeness (QED) is 0.608. The van der Waals surface area contributed by atoms with E-state index in [0.29, 0.717) is 26.0 Å². The first-order valence-corrected chi connectivity index (χ1v) is 9.92. The summed E-state index contributed by atoms with van der Waals surface area (Å²) in [5.74, 6) is -3.44. The largest absolute Gasteiger partial charge is 0.477 e. The highest BCUT2D eigenvalue weighted by atomic mass is 19.1. The van der Waals surface area contributed by atoms with Crippen molar-refractivity contribution in [3.63, 3.8) is 0 Å². The summed E-state index contributed by atoms with van der Waals surface area (Å²) in [5, 5.41) is 12.0. The van der Waals surface area contributed by atoms with Crippen LogP contribution >= 0.6 is 0 Å². The fourth-order valence-corrected chi connectivity index (χ4v) is 4.24. The number of hydrogen-bond acceptors (Lipinski definition) is 6. The fraction of sp³-hybridized carbons (Fsp3) is 0.500. The van der Waals surface area contributed by atoms with Crippen LogP contribution in [0.15, 0.2) is 11.0 Å². The van der Waals surface area contributed by atoms with Gasteiger partial charge in [-0.05, 0) is 26.8 Å². The van der Waals surface area contributed by atoms with Crippen molar-refractivity contribution < 1.29 is 23.4 Å². The van der Waals surface area contributed by atoms with Crippen LogP contribution in [0.5, 0.6) is 0 Å². The van der Waals surface area contributed by atoms with Crippen LogP contribution in [0.2, 0.25) is 0 Å². The van der Waals surface area contributed by atoms with Gasteiger partial charge in [-0.1, -0.05) is 0 Å². The zero-order chi connectivity index (χ0) is 21.7. The summed E-state index contributed by atoms with van der Waals surface area (Å²) < 4.78 is 38.2. The fourth-order valence-electron chi connectivity index (χ4n) is 4.24. The van der Waals surface area contributed by atoms with E-state index in [0.717, 1.165) is 6.20 Å². The van der Waals surface area contributed by atoms with Crippen molar-refractivity contribution in [1.82, 2.24) is 9.88 Å². The first kappa shape index (κ1) is 20.5. The van der Waals surface area contributed by atoms with Gasteiger partial charge in [0, 0.05) is 31.9 Å². The Morgan fingerprint density at radius 3 is 2.60 bits per heavy atom. The van der Waals surface area contributed by atoms with Crippen molar-refractivity contribution in [3.8, 4) is 0 Å². The molecule has 2 fully saturated rings. The first-order chi connectivity index (χ1) is 14.3. The summed E-state index contributed by atoms with van der Waals surface area (Å²) in [5.41, 5.74) is 3.40. The Morgan fingerprint density at radius 2 is 2.03 bits per heavy atom. The number of nitrogens with zero attached hydrogens (tertiary/aromatic N) is 2. The molecular formula is C20H24F2N4O4. The maximum absolute atomic E-state index is 15.8. The Morgan fingerprint density at radius 1 is 1.33 bits per heavy atom. The molecule has 1 saturated carbocycles. The van der Waals surface area contributed by atoms with Crippen molar-refractivity contribution >= 4 is 28.2 Å². The monoisotopic (exact) mass is 422 g/mol. The number of carbonyl (C=O) groups is 1. The van der Waals surface area contributed by atoms with Crippen molar-refractivity contribution in [2.24, 2.45) is 0 Å². The van der Waals surface area contributed by atoms with E-state index in [1.165, 1.54) is 9.47 Å². The lowest BCUT2D eigenvalue weighted by Gasteiger charge is -2.23. The third-order valence-electron chi connectivity index (χ3n) is 5.87. The third-order valence-corrected chi connectivity index (χ3v) is 5.87. The molecule has 162 valence electrons. The minimum atomic E-state index is -1.46. The molecule has 1 aliphatic carbocycles. The number of aromatic carboxylic acids is 1. The van der Waals surface area contributed by atoms with Crippen molar-refractivity contribution in [1.29, 1.82) is 0 Å². The van der Waals surface area contributed by atoms with E-state index in [9.17, 15) is 14.7 Å². The maximum atomic E-state index is 15.8. The van der Waals surface area contributed by atoms with Gasteiger partial charge in [0.05, 0.1) is 28.7 Å². The molecule has 10 heteroatoms. The average Bonchev–Trinajstić information content (AvgIpc) is 3.47. The number of nitrogen functional groups attached to an aromatic ring is 1. The molecule has 0 radical (unpaired) electrons. The van der Waals surface area contributed by atoms with E-state index in [2.05, 4.69) is 5.32 Å². The second kappa shape index (κ2) is 7.51. The molecule has 0 amide bonds. The Hall–Kier alpha value is -2.72. The summed E-state index contributed by atoms with van der Waals surface area (Å²) in [6.45, 7) is 2.85. The van der Waals surface area contributed by atoms with Crippen LogP contribution in [0.3, 0.4) is 0 Å². The number of halogens is 2. The van der Waals surface area contributed by atoms with Crippen LogP contribution in [0.1, 0.15) is 36.2 Å². The Bertz CT molecular complexity index is 1080. The van der Waals surface area contributed by atoms with Gasteiger partial charge in [-0.15, -0.1) is 0 Å². The third kappa shape index (κ3) is 3.10. The van der Waals surface area contributed by atoms with Crippen molar-refractivity contribution in [2.45, 2.75) is 38.0 Å². The summed E-state index contributed by atoms with van der Waals surface area (Å²) in [6.07, 6.45) is 2.29. The zero-order valence-corrected chi connectivity index (χ0v) is 16.7. The Labute approximate surface area is 171 Å². The Balaban J connectivity index is 1.96. The number of carboxylic acid groups (broad SMARTS) is 1. The minimum absolute atomic E-state index is 0.138. The summed E-state index contributed by atoms with van der Waals surface area (Å²) in [6, 6.07) is -0.293. The molecular weight excluding hydrogens is 398 g/mol. The molecule has 1 aliphatic heterocycles. The molecule has 30 heavy (non-hydrogen) atoms. The molecule has 2 atom stereocenters. The molecule has 8 nitrogen and oxygen atoms in total. The molecule has 0 spiro atoms. The Kier molecular flexibility index (Phi) is 5.15. The number of nitrogens with two attached hydrogens (primary N) is 1. The average molecular weight is 422 g/mol. The first-order valence-electron chi connectivity index (χ1n) is 9.92. The lowest BCUT2D eigenvalue weighted by atomic mass is 10.1. The highest BCUT2D eigenvalue weighted by Gasteiger charge is 2.38. The number of benzene rings is 1. The van der Waals surface area contributed by atoms with Crippen LogP contribution in [-0.4, -0.2) is 54.5 Å². The van der Waals surface area contributed by atoms with Gasteiger partial charge in [-0.25, -0.2) is 13.6 Å². The standard InChI is InChI=1S/C20H24F2N4O4/c1-3-30-12-8-25(7-11(12)24-2)18-14(21)16(23)13-17(15(18)22)26(9-4-5-9)6-10(19(13)27)20(28)29/h6,9,11-12,24H,3-5,7-8,23H2,1-2H3,(H,28,29). The summed E-state index contributed by atoms with van der Waals surface area (Å²) in [7, 11) is 1.75. The highest BCUT2D eigenvalue weighted by molar-refractivity contribution is 5.99. The van der Waals surface area contributed by atoms with Gasteiger partial charge in [-0.3, -0.25) is 4.79 Å². The molecule has 2 aromatic rings. The number of rotatable bonds is 6. The van der Waals surface area contributed by atoms with Crippen LogP contribution in [0, 0.1) is 11.6 Å². The molecule has 2 heterocycles. The number of pyridine rings is 1. The number of anilines is 2. The molecule has 1 aromatic carbocycles. The lowest BCUT2D eigenvalue weighted by Crippen LogP contribution is -2.38. The number of carboxylic acids is 1. The topological polar surface area (TPSA) is 110 Å². The number of nitrogens with one attached hydrogen (secondary N) is 1. The van der Waals surface area contributed by atoms with Gasteiger partial charge in [0.25, 0.3) is 0 Å². The number of ether oxygens (including phenoxy) is 1. The van der Waals surface area contributed by atoms with Crippen LogP contribution in [0.25, 0.3) is 10.9 Å². The number of likely N-dealkylation sites (N-methyl/N-ethyl adjacent to an activating group) is 1. The molecule has 2 aliphatic rings. The van der Waals surface area contributed by atoms with Crippen LogP contribution < -0.4 is 21.4 Å². The second-order valence-corrected chi connectivity index (χ2v) is 7.72. The molecule has 1 aromatic heterocycles. The van der Waals surface area contributed by atoms with Gasteiger partial charge in [0.15, 0.2) is 11.6 Å². The normalized spacial score (nSPS) is 21.5. The predicted molar refractivity (Wildman–Crippen MR) is 108 cm³/mol. The van der Waals surface area contributed by atoms with Crippen molar-refractivity contribution in [2.75, 3.05) is 37.4 Å². The van der Waals surface area contributed by atoms with E-state index in [1.54, 1.807) is 7.05 Å². The molecule has 2 unspecified atom stereocenters. The second-order valence-electron chi connectivity index (χ2n) is 7.72. The lowest BCUT2D eigenvalue weighted by molar-refractivity contribution is 0.0612. The van der Waals surface area contributed by atoms with Gasteiger partial charge in [0.1, 0.15) is 11.3 Å². The van der Waals surface area contributed by atoms with E-state index in [-0.39, 0.29) is 35.9 Å². The maximum Gasteiger partial charge on any atom is 0.341 e. The SMILES string of the molecule is CCOC1CN(c2c(F)c(N)c3c(=O)c(C(=O)O)cn(C4CC4)c3c2F)CC1NC. The predicted octanol–water partition coefficient (Wildman–Crippen LogP) is 1.71. The minimum Gasteiger partial charge on any atom is -0.477 e. The number of aromatic nitrogens is 1. The zero-order valence-electron chi connectivity index (χ0n) is 16.7. The van der Waals surface area contributed by atoms with E-state index in [4.69, 9.17) is 10.5 Å². The van der Waals surface area contributed by atoms with Crippen LogP contribution in [0.4, 0.5) is 20.2 Å². The van der Waals surface area contributed by atoms with Crippen LogP contribution in [-0.2, 0) is 4.74 Å². The van der Waals surface area contributed by atoms with E-state index >= 15 is 8.78 Å². The van der Waals surface area contributed by atoms with Crippen molar-refractivity contribution in [3.05, 3.63) is 33.6 Å². The van der Waals surface area contributed by atoms with E-state index < -0.39 is 39.7 Å².